The molecule has 0 spiro atoms. The van der Waals surface area contributed by atoms with Crippen LogP contribution in [0.4, 0.5) is 5.69 Å². The number of hydrogen-bond donors (Lipinski definition) is 1. The summed E-state index contributed by atoms with van der Waals surface area (Å²) in [5.41, 5.74) is 1.45. The molecular formula is C14H12BrNOS. The van der Waals surface area contributed by atoms with Crippen molar-refractivity contribution in [3.05, 3.63) is 58.6 Å². The average molecular weight is 322 g/mol. The van der Waals surface area contributed by atoms with E-state index < -0.39 is 0 Å². The van der Waals surface area contributed by atoms with Crippen LogP contribution in [-0.2, 0) is 0 Å². The first-order valence-electron chi connectivity index (χ1n) is 5.40. The third-order valence-electron chi connectivity index (χ3n) is 2.41. The summed E-state index contributed by atoms with van der Waals surface area (Å²) < 4.78 is 0.943. The van der Waals surface area contributed by atoms with E-state index >= 15 is 0 Å². The van der Waals surface area contributed by atoms with Crippen molar-refractivity contribution >= 4 is 39.3 Å². The van der Waals surface area contributed by atoms with Crippen LogP contribution in [0.25, 0.3) is 0 Å². The molecule has 2 aromatic rings. The second kappa shape index (κ2) is 6.07. The zero-order valence-electron chi connectivity index (χ0n) is 9.81. The highest BCUT2D eigenvalue weighted by molar-refractivity contribution is 9.10. The van der Waals surface area contributed by atoms with Crippen LogP contribution in [0.15, 0.2) is 57.9 Å². The molecular weight excluding hydrogens is 310 g/mol. The number of nitrogens with one attached hydrogen (secondary N) is 1. The van der Waals surface area contributed by atoms with Gasteiger partial charge in [0.2, 0.25) is 0 Å². The first-order valence-corrected chi connectivity index (χ1v) is 7.42. The summed E-state index contributed by atoms with van der Waals surface area (Å²) in [6.07, 6.45) is 1.99. The molecule has 0 heterocycles. The van der Waals surface area contributed by atoms with Crippen molar-refractivity contribution in [1.82, 2.24) is 0 Å². The lowest BCUT2D eigenvalue weighted by Crippen LogP contribution is -2.11. The van der Waals surface area contributed by atoms with E-state index in [1.807, 2.05) is 54.8 Å². The Balaban J connectivity index is 2.16. The van der Waals surface area contributed by atoms with Crippen molar-refractivity contribution in [3.63, 3.8) is 0 Å². The Hall–Kier alpha value is -1.26. The fourth-order valence-corrected chi connectivity index (χ4v) is 2.39. The maximum atomic E-state index is 12.1. The quantitative estimate of drug-likeness (QED) is 0.848. The lowest BCUT2D eigenvalue weighted by atomic mass is 10.2. The van der Waals surface area contributed by atoms with E-state index in [-0.39, 0.29) is 5.91 Å². The standard InChI is InChI=1S/C14H12BrNOS/c1-18-13-7-2-4-10(8-13)14(17)16-12-6-3-5-11(15)9-12/h2-9H,1H3,(H,16,17). The SMILES string of the molecule is CSc1cccc(C(=O)Nc2cccc(Br)c2)c1. The Morgan fingerprint density at radius 3 is 2.67 bits per heavy atom. The van der Waals surface area contributed by atoms with Gasteiger partial charge in [-0.1, -0.05) is 28.1 Å². The topological polar surface area (TPSA) is 29.1 Å². The van der Waals surface area contributed by atoms with Gasteiger partial charge >= 0.3 is 0 Å². The smallest absolute Gasteiger partial charge is 0.255 e. The zero-order valence-corrected chi connectivity index (χ0v) is 12.2. The van der Waals surface area contributed by atoms with Crippen molar-refractivity contribution in [1.29, 1.82) is 0 Å². The first-order chi connectivity index (χ1) is 8.69. The van der Waals surface area contributed by atoms with Gasteiger partial charge < -0.3 is 5.32 Å². The molecule has 1 N–H and O–H groups in total. The zero-order chi connectivity index (χ0) is 13.0. The van der Waals surface area contributed by atoms with Crippen LogP contribution in [0.3, 0.4) is 0 Å². The second-order valence-electron chi connectivity index (χ2n) is 3.70. The normalized spacial score (nSPS) is 10.1. The molecule has 0 aliphatic carbocycles. The van der Waals surface area contributed by atoms with E-state index in [0.717, 1.165) is 15.1 Å². The van der Waals surface area contributed by atoms with Gasteiger partial charge in [0, 0.05) is 20.6 Å². The Morgan fingerprint density at radius 2 is 1.94 bits per heavy atom. The molecule has 0 aliphatic rings. The fourth-order valence-electron chi connectivity index (χ4n) is 1.53. The maximum absolute atomic E-state index is 12.1. The van der Waals surface area contributed by atoms with Gasteiger partial charge in [-0.2, -0.15) is 0 Å². The number of halogens is 1. The molecule has 0 atom stereocenters. The van der Waals surface area contributed by atoms with E-state index in [1.165, 1.54) is 0 Å². The summed E-state index contributed by atoms with van der Waals surface area (Å²) in [7, 11) is 0. The molecule has 92 valence electrons. The molecule has 0 radical (unpaired) electrons. The summed E-state index contributed by atoms with van der Waals surface area (Å²) in [5, 5.41) is 2.87. The molecule has 0 aromatic heterocycles. The van der Waals surface area contributed by atoms with Crippen molar-refractivity contribution in [2.75, 3.05) is 11.6 Å². The summed E-state index contributed by atoms with van der Waals surface area (Å²) in [6, 6.07) is 15.1. The molecule has 0 aliphatic heterocycles. The van der Waals surface area contributed by atoms with Gasteiger partial charge in [0.05, 0.1) is 0 Å². The molecule has 2 aromatic carbocycles. The third-order valence-corrected chi connectivity index (χ3v) is 3.63. The number of anilines is 1. The molecule has 0 unspecified atom stereocenters. The summed E-state index contributed by atoms with van der Waals surface area (Å²) in [5.74, 6) is -0.0935. The number of amides is 1. The summed E-state index contributed by atoms with van der Waals surface area (Å²) in [6.45, 7) is 0. The molecule has 0 bridgehead atoms. The van der Waals surface area contributed by atoms with E-state index in [4.69, 9.17) is 0 Å². The van der Waals surface area contributed by atoms with Gasteiger partial charge in [0.1, 0.15) is 0 Å². The molecule has 2 nitrogen and oxygen atoms in total. The molecule has 0 saturated heterocycles. The van der Waals surface area contributed by atoms with Crippen molar-refractivity contribution < 1.29 is 4.79 Å². The van der Waals surface area contributed by atoms with E-state index in [2.05, 4.69) is 21.2 Å². The molecule has 1 amide bonds. The number of carbonyl (C=O) groups excluding carboxylic acids is 1. The molecule has 18 heavy (non-hydrogen) atoms. The maximum Gasteiger partial charge on any atom is 0.255 e. The van der Waals surface area contributed by atoms with Crippen LogP contribution >= 0.6 is 27.7 Å². The molecule has 0 saturated carbocycles. The third kappa shape index (κ3) is 3.37. The van der Waals surface area contributed by atoms with Crippen LogP contribution in [0, 0.1) is 0 Å². The summed E-state index contributed by atoms with van der Waals surface area (Å²) in [4.78, 5) is 13.1. The van der Waals surface area contributed by atoms with Crippen molar-refractivity contribution in [2.24, 2.45) is 0 Å². The second-order valence-corrected chi connectivity index (χ2v) is 5.49. The Labute approximate surface area is 119 Å². The summed E-state index contributed by atoms with van der Waals surface area (Å²) >= 11 is 5.00. The molecule has 0 fully saturated rings. The minimum atomic E-state index is -0.0935. The highest BCUT2D eigenvalue weighted by Crippen LogP contribution is 2.19. The predicted molar refractivity (Wildman–Crippen MR) is 80.3 cm³/mol. The van der Waals surface area contributed by atoms with Gasteiger partial charge in [-0.15, -0.1) is 11.8 Å². The van der Waals surface area contributed by atoms with Crippen LogP contribution < -0.4 is 5.32 Å². The molecule has 2 rings (SSSR count). The Bertz CT molecular complexity index is 571. The number of hydrogen-bond acceptors (Lipinski definition) is 2. The van der Waals surface area contributed by atoms with Gasteiger partial charge in [-0.25, -0.2) is 0 Å². The van der Waals surface area contributed by atoms with Gasteiger partial charge in [-0.05, 0) is 42.7 Å². The first kappa shape index (κ1) is 13.2. The fraction of sp³-hybridized carbons (Fsp3) is 0.0714. The molecule has 4 heteroatoms. The number of benzene rings is 2. The van der Waals surface area contributed by atoms with Crippen LogP contribution in [0.2, 0.25) is 0 Å². The predicted octanol–water partition coefficient (Wildman–Crippen LogP) is 4.42. The van der Waals surface area contributed by atoms with Gasteiger partial charge in [-0.3, -0.25) is 4.79 Å². The highest BCUT2D eigenvalue weighted by atomic mass is 79.9. The van der Waals surface area contributed by atoms with Crippen LogP contribution in [-0.4, -0.2) is 12.2 Å². The van der Waals surface area contributed by atoms with Crippen LogP contribution in [0.5, 0.6) is 0 Å². The van der Waals surface area contributed by atoms with Crippen molar-refractivity contribution in [2.45, 2.75) is 4.90 Å². The van der Waals surface area contributed by atoms with E-state index in [0.29, 0.717) is 5.56 Å². The Kier molecular flexibility index (Phi) is 4.44. The minimum absolute atomic E-state index is 0.0935. The lowest BCUT2D eigenvalue weighted by molar-refractivity contribution is 0.102. The minimum Gasteiger partial charge on any atom is -0.322 e. The van der Waals surface area contributed by atoms with Gasteiger partial charge in [0.15, 0.2) is 0 Å². The van der Waals surface area contributed by atoms with Gasteiger partial charge in [0.25, 0.3) is 5.91 Å². The van der Waals surface area contributed by atoms with Crippen molar-refractivity contribution in [3.8, 4) is 0 Å². The highest BCUT2D eigenvalue weighted by Gasteiger charge is 2.06. The number of carbonyl (C=O) groups is 1. The number of rotatable bonds is 3. The average Bonchev–Trinajstić information content (AvgIpc) is 2.39. The van der Waals surface area contributed by atoms with E-state index in [9.17, 15) is 4.79 Å². The largest absolute Gasteiger partial charge is 0.322 e. The van der Waals surface area contributed by atoms with E-state index in [1.54, 1.807) is 11.8 Å². The lowest BCUT2D eigenvalue weighted by Gasteiger charge is -2.06. The van der Waals surface area contributed by atoms with Crippen LogP contribution in [0.1, 0.15) is 10.4 Å². The number of thioether (sulfide) groups is 1. The monoisotopic (exact) mass is 321 g/mol. The Morgan fingerprint density at radius 1 is 1.17 bits per heavy atom.